The molecule has 3 aromatic carbocycles. The Labute approximate surface area is 313 Å². The predicted molar refractivity (Wildman–Crippen MR) is 203 cm³/mol. The number of carbonyl (C=O) groups is 4. The molecule has 11 nitrogen and oxygen atoms in total. The van der Waals surface area contributed by atoms with E-state index in [1.807, 2.05) is 71.0 Å². The predicted octanol–water partition coefficient (Wildman–Crippen LogP) is 7.83. The topological polar surface area (TPSA) is 138 Å². The quantitative estimate of drug-likeness (QED) is 0.0959. The van der Waals surface area contributed by atoms with Crippen LogP contribution in [0.15, 0.2) is 60.7 Å². The summed E-state index contributed by atoms with van der Waals surface area (Å²) in [6, 6.07) is 18.3. The summed E-state index contributed by atoms with van der Waals surface area (Å²) in [7, 11) is 1.60. The van der Waals surface area contributed by atoms with E-state index in [1.54, 1.807) is 52.1 Å². The summed E-state index contributed by atoms with van der Waals surface area (Å²) in [5.74, 6) is 1.04. The zero-order chi connectivity index (χ0) is 39.0. The zero-order valence-electron chi connectivity index (χ0n) is 32.5. The number of anilines is 1. The van der Waals surface area contributed by atoms with E-state index in [4.69, 9.17) is 23.7 Å². The number of ketones is 1. The third-order valence-electron chi connectivity index (χ3n) is 8.56. The first-order valence-electron chi connectivity index (χ1n) is 18.0. The van der Waals surface area contributed by atoms with Gasteiger partial charge in [0.1, 0.15) is 36.0 Å². The number of nitrogens with one attached hydrogen (secondary N) is 2. The molecule has 0 heterocycles. The van der Waals surface area contributed by atoms with Gasteiger partial charge in [0.15, 0.2) is 5.78 Å². The van der Waals surface area contributed by atoms with Crippen molar-refractivity contribution in [3.05, 3.63) is 82.9 Å². The third-order valence-corrected chi connectivity index (χ3v) is 8.56. The van der Waals surface area contributed by atoms with E-state index in [-0.39, 0.29) is 43.8 Å². The van der Waals surface area contributed by atoms with Crippen LogP contribution in [0, 0.1) is 5.41 Å². The Bertz CT molecular complexity index is 1770. The molecule has 0 fully saturated rings. The van der Waals surface area contributed by atoms with Crippen LogP contribution in [0.2, 0.25) is 0 Å². The van der Waals surface area contributed by atoms with Gasteiger partial charge in [-0.05, 0) is 140 Å². The summed E-state index contributed by atoms with van der Waals surface area (Å²) >= 11 is 0. The second kappa shape index (κ2) is 17.2. The molecule has 0 aromatic heterocycles. The summed E-state index contributed by atoms with van der Waals surface area (Å²) in [5.41, 5.74) is 2.80. The molecular weight excluding hydrogens is 676 g/mol. The fraction of sp³-hybridized carbons (Fsp3) is 0.476. The van der Waals surface area contributed by atoms with Crippen LogP contribution in [0.3, 0.4) is 0 Å². The summed E-state index contributed by atoms with van der Waals surface area (Å²) in [5, 5.41) is 6.03. The van der Waals surface area contributed by atoms with Gasteiger partial charge in [-0.15, -0.1) is 0 Å². The first-order valence-corrected chi connectivity index (χ1v) is 18.0. The maximum absolute atomic E-state index is 12.8. The summed E-state index contributed by atoms with van der Waals surface area (Å²) in [4.78, 5) is 50.1. The average Bonchev–Trinajstić information content (AvgIpc) is 3.08. The second-order valence-corrected chi connectivity index (χ2v) is 16.0. The van der Waals surface area contributed by atoms with Crippen LogP contribution in [-0.2, 0) is 31.9 Å². The maximum Gasteiger partial charge on any atom is 0.408 e. The Balaban J connectivity index is 1.25. The number of hydrogen-bond acceptors (Lipinski definition) is 10. The maximum atomic E-state index is 12.8. The first-order chi connectivity index (χ1) is 24.8. The zero-order valence-corrected chi connectivity index (χ0v) is 32.5. The lowest BCUT2D eigenvalue weighted by atomic mass is 9.79. The Morgan fingerprint density at radius 2 is 1.49 bits per heavy atom. The van der Waals surface area contributed by atoms with Crippen LogP contribution in [-0.4, -0.2) is 61.8 Å². The molecule has 1 aliphatic rings. The smallest absolute Gasteiger partial charge is 0.408 e. The lowest BCUT2D eigenvalue weighted by Gasteiger charge is -2.28. The van der Waals surface area contributed by atoms with Crippen LogP contribution >= 0.6 is 0 Å². The molecule has 0 unspecified atom stereocenters. The third kappa shape index (κ3) is 12.5. The molecule has 11 heteroatoms. The van der Waals surface area contributed by atoms with Gasteiger partial charge in [0, 0.05) is 23.7 Å². The monoisotopic (exact) mass is 730 g/mol. The molecule has 0 radical (unpaired) electrons. The second-order valence-electron chi connectivity index (χ2n) is 16.0. The van der Waals surface area contributed by atoms with E-state index in [9.17, 15) is 19.2 Å². The number of aryl methyl sites for hydroxylation is 1. The molecule has 0 saturated heterocycles. The van der Waals surface area contributed by atoms with Gasteiger partial charge in [-0.2, -0.15) is 0 Å². The largest absolute Gasteiger partial charge is 0.497 e. The Morgan fingerprint density at radius 3 is 2.15 bits per heavy atom. The highest BCUT2D eigenvalue weighted by molar-refractivity contribution is 5.96. The average molecular weight is 731 g/mol. The first kappa shape index (κ1) is 40.7. The van der Waals surface area contributed by atoms with E-state index in [1.165, 1.54) is 11.1 Å². The number of alkyl carbamates (subject to hydrolysis) is 1. The number of esters is 2. The Morgan fingerprint density at radius 1 is 0.811 bits per heavy atom. The molecule has 2 N–H and O–H groups in total. The molecule has 1 amide bonds. The Hall–Kier alpha value is -5.06. The van der Waals surface area contributed by atoms with Crippen LogP contribution < -0.4 is 24.8 Å². The van der Waals surface area contributed by atoms with Crippen LogP contribution in [0.1, 0.15) is 101 Å². The van der Waals surface area contributed by atoms with Crippen molar-refractivity contribution < 1.29 is 42.9 Å². The van der Waals surface area contributed by atoms with E-state index in [0.717, 1.165) is 30.5 Å². The minimum Gasteiger partial charge on any atom is -0.497 e. The number of methoxy groups -OCH3 is 1. The molecule has 4 rings (SSSR count). The molecule has 286 valence electrons. The van der Waals surface area contributed by atoms with Gasteiger partial charge in [0.2, 0.25) is 0 Å². The van der Waals surface area contributed by atoms with E-state index < -0.39 is 28.6 Å². The van der Waals surface area contributed by atoms with Gasteiger partial charge in [-0.3, -0.25) is 14.4 Å². The number of hydrogen-bond donors (Lipinski definition) is 2. The van der Waals surface area contributed by atoms with Gasteiger partial charge in [0.05, 0.1) is 24.7 Å². The number of carbonyl (C=O) groups excluding carboxylic acids is 4. The highest BCUT2D eigenvalue weighted by Crippen LogP contribution is 2.39. The van der Waals surface area contributed by atoms with Crippen molar-refractivity contribution >= 4 is 29.5 Å². The normalized spacial score (nSPS) is 14.3. The minimum atomic E-state index is -0.692. The lowest BCUT2D eigenvalue weighted by molar-refractivity contribution is -0.143. The van der Waals surface area contributed by atoms with Crippen LogP contribution in [0.25, 0.3) is 0 Å². The van der Waals surface area contributed by atoms with Crippen molar-refractivity contribution in [1.82, 2.24) is 5.32 Å². The van der Waals surface area contributed by atoms with Crippen molar-refractivity contribution in [1.29, 1.82) is 0 Å². The van der Waals surface area contributed by atoms with E-state index >= 15 is 0 Å². The highest BCUT2D eigenvalue weighted by atomic mass is 16.6. The molecular formula is C42H54N2O9. The molecule has 1 atom stereocenters. The molecule has 3 aromatic rings. The lowest BCUT2D eigenvalue weighted by Crippen LogP contribution is -2.49. The van der Waals surface area contributed by atoms with E-state index in [0.29, 0.717) is 22.8 Å². The van der Waals surface area contributed by atoms with Crippen molar-refractivity contribution in [2.75, 3.05) is 32.2 Å². The van der Waals surface area contributed by atoms with E-state index in [2.05, 4.69) is 10.6 Å². The van der Waals surface area contributed by atoms with Gasteiger partial charge < -0.3 is 34.3 Å². The minimum absolute atomic E-state index is 0.0296. The molecule has 0 spiro atoms. The molecule has 0 aliphatic heterocycles. The summed E-state index contributed by atoms with van der Waals surface area (Å²) in [6.07, 6.45) is 2.00. The van der Waals surface area contributed by atoms with Gasteiger partial charge >= 0.3 is 18.0 Å². The van der Waals surface area contributed by atoms with Gasteiger partial charge in [-0.1, -0.05) is 12.1 Å². The standard InChI is InChI=1S/C42H54N2O9/c1-40(2,3)38(47)52-33-17-14-28-22-30(11-10-29(28)23-33)34-19-18-32(49-9)24-35(34)43-25-37(46)50-21-20-36(45)27-12-15-31(16-13-27)51-26-42(7,8)44-39(48)53-41(4,5)6/h12-19,23-24,30,43H,10-11,20-22,25-26H2,1-9H3,(H,44,48)/t30-/m1/s1. The van der Waals surface area contributed by atoms with Crippen molar-refractivity contribution in [2.24, 2.45) is 5.41 Å². The fourth-order valence-electron chi connectivity index (χ4n) is 5.73. The Kier molecular flexibility index (Phi) is 13.2. The molecule has 53 heavy (non-hydrogen) atoms. The highest BCUT2D eigenvalue weighted by Gasteiger charge is 2.27. The number of benzene rings is 3. The molecule has 0 bridgehead atoms. The van der Waals surface area contributed by atoms with Gasteiger partial charge in [-0.25, -0.2) is 4.79 Å². The fourth-order valence-corrected chi connectivity index (χ4v) is 5.73. The van der Waals surface area contributed by atoms with Crippen molar-refractivity contribution in [3.63, 3.8) is 0 Å². The number of ether oxygens (including phenoxy) is 5. The number of fused-ring (bicyclic) bond motifs is 1. The molecule has 1 aliphatic carbocycles. The number of rotatable bonds is 14. The van der Waals surface area contributed by atoms with Crippen molar-refractivity contribution in [3.8, 4) is 17.2 Å². The van der Waals surface area contributed by atoms with Crippen LogP contribution in [0.5, 0.6) is 17.2 Å². The summed E-state index contributed by atoms with van der Waals surface area (Å²) < 4.78 is 27.6. The van der Waals surface area contributed by atoms with Crippen LogP contribution in [0.4, 0.5) is 10.5 Å². The SMILES string of the molecule is COc1ccc([C@@H]2CCc3cc(OC(=O)C(C)(C)C)ccc3C2)c(NCC(=O)OCCC(=O)c2ccc(OCC(C)(C)NC(=O)OC(C)(C)C)cc2)c1. The summed E-state index contributed by atoms with van der Waals surface area (Å²) in [6.45, 7) is 14.6. The number of amides is 1. The van der Waals surface area contributed by atoms with Crippen molar-refractivity contribution in [2.45, 2.75) is 98.1 Å². The molecule has 0 saturated carbocycles. The van der Waals surface area contributed by atoms with Gasteiger partial charge in [0.25, 0.3) is 0 Å². The number of Topliss-reactive ketones (excluding diaryl/α,β-unsaturated/α-hetero) is 1.